The van der Waals surface area contributed by atoms with E-state index in [9.17, 15) is 4.79 Å². The summed E-state index contributed by atoms with van der Waals surface area (Å²) in [5.74, 6) is -0.240. The van der Waals surface area contributed by atoms with E-state index in [2.05, 4.69) is 0 Å². The first-order valence-electron chi connectivity index (χ1n) is 8.44. The van der Waals surface area contributed by atoms with Crippen molar-refractivity contribution < 1.29 is 9.53 Å². The van der Waals surface area contributed by atoms with Crippen LogP contribution in [0.25, 0.3) is 10.9 Å². The lowest BCUT2D eigenvalue weighted by molar-refractivity contribution is 0.0473. The normalized spacial score (nSPS) is 13.5. The maximum atomic E-state index is 12.9. The van der Waals surface area contributed by atoms with E-state index in [1.807, 2.05) is 54.6 Å². The molecule has 3 heteroatoms. The van der Waals surface area contributed by atoms with Gasteiger partial charge in [0.15, 0.2) is 0 Å². The van der Waals surface area contributed by atoms with Crippen LogP contribution in [0.4, 0.5) is 0 Å². The predicted octanol–water partition coefficient (Wildman–Crippen LogP) is 4.47. The van der Waals surface area contributed by atoms with Crippen LogP contribution < -0.4 is 0 Å². The average molecular weight is 317 g/mol. The zero-order chi connectivity index (χ0) is 16.4. The van der Waals surface area contributed by atoms with Crippen molar-refractivity contribution in [3.8, 4) is 0 Å². The fourth-order valence-electron chi connectivity index (χ4n) is 3.40. The van der Waals surface area contributed by atoms with Crippen LogP contribution in [0.5, 0.6) is 0 Å². The van der Waals surface area contributed by atoms with Crippen LogP contribution in [0.3, 0.4) is 0 Å². The van der Waals surface area contributed by atoms with Crippen molar-refractivity contribution in [2.45, 2.75) is 32.3 Å². The second kappa shape index (κ2) is 6.44. The number of pyridine rings is 1. The highest BCUT2D eigenvalue weighted by Gasteiger charge is 2.23. The van der Waals surface area contributed by atoms with E-state index in [1.165, 1.54) is 0 Å². The maximum Gasteiger partial charge on any atom is 0.339 e. The molecule has 4 rings (SSSR count). The molecule has 0 saturated carbocycles. The van der Waals surface area contributed by atoms with E-state index in [4.69, 9.17) is 9.72 Å². The molecule has 1 aliphatic rings. The molecule has 3 aromatic rings. The van der Waals surface area contributed by atoms with Gasteiger partial charge in [0.05, 0.1) is 11.1 Å². The summed E-state index contributed by atoms with van der Waals surface area (Å²) in [4.78, 5) is 17.6. The first-order chi connectivity index (χ1) is 11.8. The van der Waals surface area contributed by atoms with Crippen molar-refractivity contribution in [1.29, 1.82) is 0 Å². The van der Waals surface area contributed by atoms with Gasteiger partial charge in [-0.2, -0.15) is 0 Å². The molecule has 24 heavy (non-hydrogen) atoms. The van der Waals surface area contributed by atoms with Crippen LogP contribution in [0.2, 0.25) is 0 Å². The number of hydrogen-bond acceptors (Lipinski definition) is 3. The summed E-state index contributed by atoms with van der Waals surface area (Å²) in [5, 5.41) is 0.899. The van der Waals surface area contributed by atoms with Crippen LogP contribution >= 0.6 is 0 Å². The number of para-hydroxylation sites is 1. The molecule has 0 saturated heterocycles. The number of carbonyl (C=O) groups is 1. The molecule has 0 spiro atoms. The number of esters is 1. The molecule has 0 aliphatic heterocycles. The molecule has 3 nitrogen and oxygen atoms in total. The van der Waals surface area contributed by atoms with Crippen LogP contribution in [0, 0.1) is 0 Å². The van der Waals surface area contributed by atoms with E-state index in [0.717, 1.165) is 53.4 Å². The molecule has 0 amide bonds. The number of rotatable bonds is 3. The molecule has 1 heterocycles. The average Bonchev–Trinajstić information content (AvgIpc) is 2.65. The van der Waals surface area contributed by atoms with Gasteiger partial charge in [-0.05, 0) is 42.9 Å². The van der Waals surface area contributed by atoms with Gasteiger partial charge in [0.2, 0.25) is 0 Å². The van der Waals surface area contributed by atoms with E-state index >= 15 is 0 Å². The molecule has 0 fully saturated rings. The first-order valence-corrected chi connectivity index (χ1v) is 8.44. The van der Waals surface area contributed by atoms with Crippen molar-refractivity contribution in [2.24, 2.45) is 0 Å². The predicted molar refractivity (Wildman–Crippen MR) is 93.9 cm³/mol. The number of aromatic nitrogens is 1. The van der Waals surface area contributed by atoms with Crippen molar-refractivity contribution in [3.63, 3.8) is 0 Å². The summed E-state index contributed by atoms with van der Waals surface area (Å²) < 4.78 is 5.62. The van der Waals surface area contributed by atoms with E-state index in [1.54, 1.807) is 0 Å². The molecule has 0 N–H and O–H groups in total. The van der Waals surface area contributed by atoms with Crippen LogP contribution in [-0.2, 0) is 24.2 Å². The van der Waals surface area contributed by atoms with Gasteiger partial charge in [-0.25, -0.2) is 4.79 Å². The number of benzene rings is 2. The number of nitrogens with zero attached hydrogens (tertiary/aromatic N) is 1. The molecular formula is C21H19NO2. The largest absolute Gasteiger partial charge is 0.457 e. The molecule has 0 atom stereocenters. The standard InChI is InChI=1S/C21H19NO2/c23-21(24-14-15-8-2-1-3-9-15)20-16-10-4-6-12-18(16)22-19-13-7-5-11-17(19)20/h1-4,6,8-10,12H,5,7,11,13-14H2. The molecule has 0 radical (unpaired) electrons. The Kier molecular flexibility index (Phi) is 3.99. The minimum atomic E-state index is -0.240. The number of carbonyl (C=O) groups excluding carboxylic acids is 1. The molecule has 1 aromatic heterocycles. The monoisotopic (exact) mass is 317 g/mol. The van der Waals surface area contributed by atoms with Gasteiger partial charge in [-0.1, -0.05) is 48.5 Å². The zero-order valence-electron chi connectivity index (χ0n) is 13.5. The van der Waals surface area contributed by atoms with Gasteiger partial charge < -0.3 is 4.74 Å². The smallest absolute Gasteiger partial charge is 0.339 e. The van der Waals surface area contributed by atoms with Crippen molar-refractivity contribution in [3.05, 3.63) is 77.0 Å². The highest BCUT2D eigenvalue weighted by molar-refractivity contribution is 6.05. The van der Waals surface area contributed by atoms with E-state index in [-0.39, 0.29) is 5.97 Å². The van der Waals surface area contributed by atoms with E-state index in [0.29, 0.717) is 12.2 Å². The van der Waals surface area contributed by atoms with Crippen LogP contribution in [0.1, 0.15) is 40.0 Å². The van der Waals surface area contributed by atoms with Crippen molar-refractivity contribution >= 4 is 16.9 Å². The summed E-state index contributed by atoms with van der Waals surface area (Å²) in [7, 11) is 0. The third-order valence-corrected chi connectivity index (χ3v) is 4.59. The Morgan fingerprint density at radius 1 is 0.958 bits per heavy atom. The van der Waals surface area contributed by atoms with Crippen molar-refractivity contribution in [1.82, 2.24) is 4.98 Å². The second-order valence-corrected chi connectivity index (χ2v) is 6.20. The summed E-state index contributed by atoms with van der Waals surface area (Å²) in [6, 6.07) is 17.6. The highest BCUT2D eigenvalue weighted by atomic mass is 16.5. The number of fused-ring (bicyclic) bond motifs is 2. The summed E-state index contributed by atoms with van der Waals surface area (Å²) >= 11 is 0. The topological polar surface area (TPSA) is 39.2 Å². The fourth-order valence-corrected chi connectivity index (χ4v) is 3.40. The van der Waals surface area contributed by atoms with E-state index < -0.39 is 0 Å². The third-order valence-electron chi connectivity index (χ3n) is 4.59. The fraction of sp³-hybridized carbons (Fsp3) is 0.238. The highest BCUT2D eigenvalue weighted by Crippen LogP contribution is 2.29. The first kappa shape index (κ1) is 14.9. The minimum Gasteiger partial charge on any atom is -0.457 e. The SMILES string of the molecule is O=C(OCc1ccccc1)c1c2c(nc3ccccc13)CCCC2. The second-order valence-electron chi connectivity index (χ2n) is 6.20. The van der Waals surface area contributed by atoms with Gasteiger partial charge in [-0.15, -0.1) is 0 Å². The number of aryl methyl sites for hydroxylation is 1. The summed E-state index contributed by atoms with van der Waals surface area (Å²) in [6.45, 7) is 0.297. The molecule has 0 bridgehead atoms. The summed E-state index contributed by atoms with van der Waals surface area (Å²) in [6.07, 6.45) is 4.09. The van der Waals surface area contributed by atoms with Gasteiger partial charge >= 0.3 is 5.97 Å². The third kappa shape index (κ3) is 2.78. The lowest BCUT2D eigenvalue weighted by Crippen LogP contribution is -2.15. The number of ether oxygens (including phenoxy) is 1. The molecule has 2 aromatic carbocycles. The quantitative estimate of drug-likeness (QED) is 0.669. The Morgan fingerprint density at radius 3 is 2.58 bits per heavy atom. The molecule has 1 aliphatic carbocycles. The van der Waals surface area contributed by atoms with Gasteiger partial charge in [0, 0.05) is 11.1 Å². The Morgan fingerprint density at radius 2 is 1.71 bits per heavy atom. The van der Waals surface area contributed by atoms with Gasteiger partial charge in [0.1, 0.15) is 6.61 Å². The van der Waals surface area contributed by atoms with Crippen LogP contribution in [0.15, 0.2) is 54.6 Å². The van der Waals surface area contributed by atoms with Crippen LogP contribution in [-0.4, -0.2) is 11.0 Å². The minimum absolute atomic E-state index is 0.240. The lowest BCUT2D eigenvalue weighted by atomic mass is 9.90. The molecule has 0 unspecified atom stereocenters. The van der Waals surface area contributed by atoms with Gasteiger partial charge in [-0.3, -0.25) is 4.98 Å². The zero-order valence-corrected chi connectivity index (χ0v) is 13.5. The molecular weight excluding hydrogens is 298 g/mol. The Labute approximate surface area is 141 Å². The molecule has 120 valence electrons. The lowest BCUT2D eigenvalue weighted by Gasteiger charge is -2.20. The Bertz CT molecular complexity index is 887. The maximum absolute atomic E-state index is 12.9. The number of hydrogen-bond donors (Lipinski definition) is 0. The van der Waals surface area contributed by atoms with Crippen molar-refractivity contribution in [2.75, 3.05) is 0 Å². The van der Waals surface area contributed by atoms with Gasteiger partial charge in [0.25, 0.3) is 0 Å². The Hall–Kier alpha value is -2.68. The Balaban J connectivity index is 1.73. The summed E-state index contributed by atoms with van der Waals surface area (Å²) in [5.41, 5.74) is 4.73.